The quantitative estimate of drug-likeness (QED) is 0.683. The molecule has 0 saturated heterocycles. The molecule has 3 N–H and O–H groups in total. The van der Waals surface area contributed by atoms with Gasteiger partial charge in [0.15, 0.2) is 0 Å². The molecule has 0 aliphatic rings. The lowest BCUT2D eigenvalue weighted by molar-refractivity contribution is 0.226. The highest BCUT2D eigenvalue weighted by molar-refractivity contribution is 5.57. The zero-order valence-electron chi connectivity index (χ0n) is 13.3. The van der Waals surface area contributed by atoms with Gasteiger partial charge >= 0.3 is 0 Å². The Bertz CT molecular complexity index is 423. The smallest absolute Gasteiger partial charge is 0.134 e. The minimum atomic E-state index is 0.164. The average Bonchev–Trinajstić information content (AvgIpc) is 2.43. The number of aryl methyl sites for hydroxylation is 1. The molecule has 2 unspecified atom stereocenters. The van der Waals surface area contributed by atoms with Crippen LogP contribution in [0.4, 0.5) is 11.6 Å². The molecule has 1 aromatic rings. The van der Waals surface area contributed by atoms with E-state index in [2.05, 4.69) is 41.4 Å². The maximum atomic E-state index is 9.25. The summed E-state index contributed by atoms with van der Waals surface area (Å²) in [5.74, 6) is 2.81. The van der Waals surface area contributed by atoms with E-state index in [1.807, 2.05) is 13.8 Å². The van der Waals surface area contributed by atoms with Crippen molar-refractivity contribution < 1.29 is 5.11 Å². The van der Waals surface area contributed by atoms with E-state index < -0.39 is 0 Å². The number of rotatable bonds is 8. The Balaban J connectivity index is 3.03. The summed E-state index contributed by atoms with van der Waals surface area (Å²) < 4.78 is 0. The monoisotopic (exact) mass is 280 g/mol. The summed E-state index contributed by atoms with van der Waals surface area (Å²) in [5.41, 5.74) is 1.03. The second-order valence-electron chi connectivity index (χ2n) is 5.34. The van der Waals surface area contributed by atoms with Crippen LogP contribution in [0.3, 0.4) is 0 Å². The van der Waals surface area contributed by atoms with E-state index in [1.54, 1.807) is 0 Å². The number of nitrogens with zero attached hydrogens (tertiary/aromatic N) is 2. The minimum Gasteiger partial charge on any atom is -0.396 e. The van der Waals surface area contributed by atoms with Crippen LogP contribution in [-0.4, -0.2) is 34.3 Å². The molecule has 0 aliphatic carbocycles. The zero-order chi connectivity index (χ0) is 15.1. The predicted molar refractivity (Wildman–Crippen MR) is 84.3 cm³/mol. The minimum absolute atomic E-state index is 0.164. The highest BCUT2D eigenvalue weighted by Gasteiger charge is 2.15. The van der Waals surface area contributed by atoms with Gasteiger partial charge < -0.3 is 15.7 Å². The Hall–Kier alpha value is -1.36. The van der Waals surface area contributed by atoms with E-state index in [-0.39, 0.29) is 18.6 Å². The largest absolute Gasteiger partial charge is 0.396 e. The van der Waals surface area contributed by atoms with Crippen molar-refractivity contribution in [1.82, 2.24) is 9.97 Å². The number of hydrogen-bond acceptors (Lipinski definition) is 5. The molecular formula is C15H28N4O. The number of aliphatic hydroxyl groups is 1. The van der Waals surface area contributed by atoms with Crippen molar-refractivity contribution in [2.75, 3.05) is 23.8 Å². The van der Waals surface area contributed by atoms with Crippen molar-refractivity contribution in [3.8, 4) is 0 Å². The molecule has 0 amide bonds. The Kier molecular flexibility index (Phi) is 6.71. The normalized spacial score (nSPS) is 13.9. The fraction of sp³-hybridized carbons (Fsp3) is 0.733. The summed E-state index contributed by atoms with van der Waals surface area (Å²) in [7, 11) is 0. The van der Waals surface area contributed by atoms with Crippen molar-refractivity contribution >= 4 is 11.6 Å². The van der Waals surface area contributed by atoms with Gasteiger partial charge in [0, 0.05) is 31.2 Å². The van der Waals surface area contributed by atoms with Gasteiger partial charge in [0.2, 0.25) is 0 Å². The molecule has 0 fully saturated rings. The Morgan fingerprint density at radius 1 is 1.15 bits per heavy atom. The van der Waals surface area contributed by atoms with Crippen molar-refractivity contribution in [3.63, 3.8) is 0 Å². The van der Waals surface area contributed by atoms with Crippen molar-refractivity contribution in [1.29, 1.82) is 0 Å². The second-order valence-corrected chi connectivity index (χ2v) is 5.34. The van der Waals surface area contributed by atoms with Gasteiger partial charge in [-0.05, 0) is 33.1 Å². The first kappa shape index (κ1) is 16.7. The number of anilines is 2. The number of aliphatic hydroxyl groups excluding tert-OH is 1. The van der Waals surface area contributed by atoms with Gasteiger partial charge in [0.05, 0.1) is 0 Å². The van der Waals surface area contributed by atoms with Crippen LogP contribution in [0.15, 0.2) is 0 Å². The topological polar surface area (TPSA) is 70.1 Å². The molecular weight excluding hydrogens is 252 g/mol. The SMILES string of the molecule is CCCc1nc(NCC)c(C)c(NC(C)C(C)CO)n1. The molecule has 1 rings (SSSR count). The third-order valence-corrected chi connectivity index (χ3v) is 3.52. The fourth-order valence-corrected chi connectivity index (χ4v) is 1.89. The van der Waals surface area contributed by atoms with Crippen LogP contribution in [-0.2, 0) is 6.42 Å². The molecule has 114 valence electrons. The Morgan fingerprint density at radius 2 is 1.80 bits per heavy atom. The van der Waals surface area contributed by atoms with E-state index in [4.69, 9.17) is 0 Å². The molecule has 0 aromatic carbocycles. The van der Waals surface area contributed by atoms with E-state index >= 15 is 0 Å². The lowest BCUT2D eigenvalue weighted by Crippen LogP contribution is -2.27. The molecule has 2 atom stereocenters. The van der Waals surface area contributed by atoms with Crippen LogP contribution in [0.5, 0.6) is 0 Å². The van der Waals surface area contributed by atoms with Gasteiger partial charge in [0.1, 0.15) is 17.5 Å². The van der Waals surface area contributed by atoms with E-state index in [9.17, 15) is 5.11 Å². The lowest BCUT2D eigenvalue weighted by atomic mass is 10.1. The maximum absolute atomic E-state index is 9.25. The van der Waals surface area contributed by atoms with Crippen LogP contribution < -0.4 is 10.6 Å². The lowest BCUT2D eigenvalue weighted by Gasteiger charge is -2.22. The number of hydrogen-bond donors (Lipinski definition) is 3. The van der Waals surface area contributed by atoms with Crippen LogP contribution in [0.1, 0.15) is 45.5 Å². The summed E-state index contributed by atoms with van der Waals surface area (Å²) >= 11 is 0. The van der Waals surface area contributed by atoms with Gasteiger partial charge in [-0.25, -0.2) is 9.97 Å². The molecule has 1 aromatic heterocycles. The fourth-order valence-electron chi connectivity index (χ4n) is 1.89. The van der Waals surface area contributed by atoms with Gasteiger partial charge in [-0.3, -0.25) is 0 Å². The molecule has 0 bridgehead atoms. The van der Waals surface area contributed by atoms with Gasteiger partial charge in [-0.2, -0.15) is 0 Å². The summed E-state index contributed by atoms with van der Waals surface area (Å²) in [5, 5.41) is 15.9. The van der Waals surface area contributed by atoms with Gasteiger partial charge in [-0.15, -0.1) is 0 Å². The highest BCUT2D eigenvalue weighted by atomic mass is 16.3. The molecule has 0 spiro atoms. The summed E-state index contributed by atoms with van der Waals surface area (Å²) in [6.45, 7) is 11.3. The Labute approximate surface area is 122 Å². The van der Waals surface area contributed by atoms with Gasteiger partial charge in [0.25, 0.3) is 0 Å². The van der Waals surface area contributed by atoms with Crippen LogP contribution >= 0.6 is 0 Å². The molecule has 0 aliphatic heterocycles. The standard InChI is InChI=1S/C15H28N4O/c1-6-8-13-18-14(16-7-2)11(4)15(19-13)17-12(5)10(3)9-20/h10,12,20H,6-9H2,1-5H3,(H2,16,17,18,19). The third-order valence-electron chi connectivity index (χ3n) is 3.52. The van der Waals surface area contributed by atoms with Crippen molar-refractivity contribution in [2.24, 2.45) is 5.92 Å². The Morgan fingerprint density at radius 3 is 2.35 bits per heavy atom. The van der Waals surface area contributed by atoms with Crippen LogP contribution in [0, 0.1) is 12.8 Å². The summed E-state index contributed by atoms with van der Waals surface area (Å²) in [6.07, 6.45) is 1.90. The average molecular weight is 280 g/mol. The summed E-state index contributed by atoms with van der Waals surface area (Å²) in [4.78, 5) is 9.19. The zero-order valence-corrected chi connectivity index (χ0v) is 13.3. The molecule has 1 heterocycles. The number of aromatic nitrogens is 2. The first-order chi connectivity index (χ1) is 9.53. The summed E-state index contributed by atoms with van der Waals surface area (Å²) in [6, 6.07) is 0.164. The van der Waals surface area contributed by atoms with E-state index in [0.717, 1.165) is 42.4 Å². The molecule has 0 saturated carbocycles. The van der Waals surface area contributed by atoms with Gasteiger partial charge in [-0.1, -0.05) is 13.8 Å². The van der Waals surface area contributed by atoms with Crippen molar-refractivity contribution in [3.05, 3.63) is 11.4 Å². The molecule has 20 heavy (non-hydrogen) atoms. The van der Waals surface area contributed by atoms with E-state index in [0.29, 0.717) is 0 Å². The second kappa shape index (κ2) is 8.04. The third kappa shape index (κ3) is 4.34. The molecule has 0 radical (unpaired) electrons. The van der Waals surface area contributed by atoms with Crippen LogP contribution in [0.2, 0.25) is 0 Å². The maximum Gasteiger partial charge on any atom is 0.134 e. The first-order valence-corrected chi connectivity index (χ1v) is 7.52. The first-order valence-electron chi connectivity index (χ1n) is 7.52. The van der Waals surface area contributed by atoms with Crippen molar-refractivity contribution in [2.45, 2.75) is 53.5 Å². The van der Waals surface area contributed by atoms with Crippen LogP contribution in [0.25, 0.3) is 0 Å². The van der Waals surface area contributed by atoms with E-state index in [1.165, 1.54) is 0 Å². The number of nitrogens with one attached hydrogen (secondary N) is 2. The highest BCUT2D eigenvalue weighted by Crippen LogP contribution is 2.22. The predicted octanol–water partition coefficient (Wildman–Crippen LogP) is 2.60. The molecule has 5 heteroatoms. The molecule has 5 nitrogen and oxygen atoms in total.